The van der Waals surface area contributed by atoms with Gasteiger partial charge in [-0.25, -0.2) is 9.78 Å². The molecule has 0 aliphatic carbocycles. The molecule has 2 aromatic heterocycles. The van der Waals surface area contributed by atoms with Gasteiger partial charge in [0.15, 0.2) is 0 Å². The van der Waals surface area contributed by atoms with Gasteiger partial charge in [-0.2, -0.15) is 0 Å². The fraction of sp³-hybridized carbons (Fsp3) is 0. The van der Waals surface area contributed by atoms with Gasteiger partial charge in [0, 0.05) is 10.7 Å². The number of aromatic nitrogens is 2. The van der Waals surface area contributed by atoms with Crippen molar-refractivity contribution in [3.05, 3.63) is 33.2 Å². The van der Waals surface area contributed by atoms with Gasteiger partial charge in [-0.1, -0.05) is 15.9 Å². The number of nitrogens with zero attached hydrogens (tertiary/aromatic N) is 2. The van der Waals surface area contributed by atoms with Gasteiger partial charge in [-0.3, -0.25) is 4.40 Å². The van der Waals surface area contributed by atoms with Crippen molar-refractivity contribution in [2.24, 2.45) is 0 Å². The van der Waals surface area contributed by atoms with Crippen LogP contribution in [0.1, 0.15) is 10.6 Å². The highest BCUT2D eigenvalue weighted by Gasteiger charge is 2.14. The van der Waals surface area contributed by atoms with E-state index in [2.05, 4.69) is 36.8 Å². The van der Waals surface area contributed by atoms with Gasteiger partial charge in [0.2, 0.25) is 5.82 Å². The van der Waals surface area contributed by atoms with Crippen LogP contribution >= 0.6 is 31.9 Å². The molecule has 6 heteroatoms. The zero-order chi connectivity index (χ0) is 10.3. The van der Waals surface area contributed by atoms with E-state index in [1.54, 1.807) is 18.3 Å². The SMILES string of the molecule is O=C(O)c1nc(Br)c2cc(Br)ccn12. The van der Waals surface area contributed by atoms with Gasteiger partial charge in [-0.15, -0.1) is 0 Å². The lowest BCUT2D eigenvalue weighted by Crippen LogP contribution is -2.02. The van der Waals surface area contributed by atoms with E-state index in [1.807, 2.05) is 0 Å². The van der Waals surface area contributed by atoms with E-state index in [4.69, 9.17) is 5.11 Å². The number of fused-ring (bicyclic) bond motifs is 1. The van der Waals surface area contributed by atoms with Crippen molar-refractivity contribution in [1.29, 1.82) is 0 Å². The first kappa shape index (κ1) is 9.67. The van der Waals surface area contributed by atoms with Crippen LogP contribution in [0.4, 0.5) is 0 Å². The van der Waals surface area contributed by atoms with Crippen molar-refractivity contribution in [2.45, 2.75) is 0 Å². The first-order valence-electron chi connectivity index (χ1n) is 3.66. The maximum absolute atomic E-state index is 10.8. The van der Waals surface area contributed by atoms with E-state index in [-0.39, 0.29) is 5.82 Å². The summed E-state index contributed by atoms with van der Waals surface area (Å²) >= 11 is 6.51. The highest BCUT2D eigenvalue weighted by atomic mass is 79.9. The Morgan fingerprint density at radius 3 is 2.86 bits per heavy atom. The number of imidazole rings is 1. The summed E-state index contributed by atoms with van der Waals surface area (Å²) in [5.41, 5.74) is 0.719. The molecule has 0 amide bonds. The van der Waals surface area contributed by atoms with Crippen LogP contribution in [0.25, 0.3) is 5.52 Å². The smallest absolute Gasteiger partial charge is 0.372 e. The summed E-state index contributed by atoms with van der Waals surface area (Å²) in [5, 5.41) is 8.85. The third kappa shape index (κ3) is 1.44. The molecule has 0 unspecified atom stereocenters. The predicted octanol–water partition coefficient (Wildman–Crippen LogP) is 2.56. The Bertz CT molecular complexity index is 521. The second-order valence-corrected chi connectivity index (χ2v) is 4.30. The van der Waals surface area contributed by atoms with E-state index < -0.39 is 5.97 Å². The quantitative estimate of drug-likeness (QED) is 0.879. The van der Waals surface area contributed by atoms with E-state index >= 15 is 0 Å². The maximum Gasteiger partial charge on any atom is 0.372 e. The number of halogens is 2. The molecule has 72 valence electrons. The molecule has 2 aromatic rings. The molecule has 1 N–H and O–H groups in total. The van der Waals surface area contributed by atoms with Crippen LogP contribution in [0.3, 0.4) is 0 Å². The number of rotatable bonds is 1. The van der Waals surface area contributed by atoms with Gasteiger partial charge in [-0.05, 0) is 28.1 Å². The first-order chi connectivity index (χ1) is 6.59. The lowest BCUT2D eigenvalue weighted by molar-refractivity contribution is 0.0682. The molecule has 0 radical (unpaired) electrons. The Morgan fingerprint density at radius 2 is 2.21 bits per heavy atom. The molecule has 0 saturated carbocycles. The van der Waals surface area contributed by atoms with Crippen molar-refractivity contribution < 1.29 is 9.90 Å². The molecule has 0 bridgehead atoms. The number of pyridine rings is 1. The van der Waals surface area contributed by atoms with Crippen LogP contribution in [0.15, 0.2) is 27.4 Å². The molecule has 2 rings (SSSR count). The van der Waals surface area contributed by atoms with E-state index in [0.29, 0.717) is 4.60 Å². The number of carboxylic acids is 1. The normalized spacial score (nSPS) is 10.7. The molecular formula is C8H4Br2N2O2. The second kappa shape index (κ2) is 3.36. The number of hydrogen-bond donors (Lipinski definition) is 1. The molecule has 4 nitrogen and oxygen atoms in total. The minimum absolute atomic E-state index is 0.000579. The molecule has 0 atom stereocenters. The topological polar surface area (TPSA) is 54.6 Å². The number of carboxylic acid groups (broad SMARTS) is 1. The van der Waals surface area contributed by atoms with E-state index in [9.17, 15) is 4.79 Å². The van der Waals surface area contributed by atoms with Crippen molar-refractivity contribution in [2.75, 3.05) is 0 Å². The Balaban J connectivity index is 2.84. The molecule has 0 aliphatic heterocycles. The summed E-state index contributed by atoms with van der Waals surface area (Å²) in [5.74, 6) is -1.05. The Hall–Kier alpha value is -0.880. The van der Waals surface area contributed by atoms with Gasteiger partial charge in [0.1, 0.15) is 4.60 Å². The van der Waals surface area contributed by atoms with Gasteiger partial charge >= 0.3 is 5.97 Å². The number of aromatic carboxylic acids is 1. The fourth-order valence-electron chi connectivity index (χ4n) is 1.17. The van der Waals surface area contributed by atoms with Crippen LogP contribution in [-0.4, -0.2) is 20.5 Å². The predicted molar refractivity (Wildman–Crippen MR) is 57.6 cm³/mol. The summed E-state index contributed by atoms with van der Waals surface area (Å²) in [6, 6.07) is 3.55. The second-order valence-electron chi connectivity index (χ2n) is 2.63. The average Bonchev–Trinajstić information content (AvgIpc) is 2.44. The first-order valence-corrected chi connectivity index (χ1v) is 5.24. The van der Waals surface area contributed by atoms with Gasteiger partial charge < -0.3 is 5.11 Å². The molecular weight excluding hydrogens is 316 g/mol. The summed E-state index contributed by atoms with van der Waals surface area (Å²) in [6.45, 7) is 0. The van der Waals surface area contributed by atoms with Crippen molar-refractivity contribution in [3.8, 4) is 0 Å². The lowest BCUT2D eigenvalue weighted by Gasteiger charge is -1.96. The molecule has 0 spiro atoms. The summed E-state index contributed by atoms with van der Waals surface area (Å²) in [4.78, 5) is 14.7. The maximum atomic E-state index is 10.8. The fourth-order valence-corrected chi connectivity index (χ4v) is 1.98. The van der Waals surface area contributed by atoms with Gasteiger partial charge in [0.05, 0.1) is 5.52 Å². The molecule has 0 saturated heterocycles. The molecule has 0 fully saturated rings. The van der Waals surface area contributed by atoms with Crippen molar-refractivity contribution in [1.82, 2.24) is 9.38 Å². The minimum Gasteiger partial charge on any atom is -0.475 e. The van der Waals surface area contributed by atoms with Crippen LogP contribution in [0.5, 0.6) is 0 Å². The van der Waals surface area contributed by atoms with Gasteiger partial charge in [0.25, 0.3) is 0 Å². The largest absolute Gasteiger partial charge is 0.475 e. The summed E-state index contributed by atoms with van der Waals surface area (Å²) < 4.78 is 2.91. The van der Waals surface area contributed by atoms with Crippen LogP contribution in [-0.2, 0) is 0 Å². The van der Waals surface area contributed by atoms with E-state index in [1.165, 1.54) is 4.40 Å². The molecule has 0 aliphatic rings. The standard InChI is InChI=1S/C8H4Br2N2O2/c9-4-1-2-12-5(3-4)6(10)11-7(12)8(13)14/h1-3H,(H,13,14). The average molecular weight is 320 g/mol. The van der Waals surface area contributed by atoms with Crippen LogP contribution in [0, 0.1) is 0 Å². The monoisotopic (exact) mass is 318 g/mol. The van der Waals surface area contributed by atoms with E-state index in [0.717, 1.165) is 9.99 Å². The third-order valence-corrected chi connectivity index (χ3v) is 2.83. The van der Waals surface area contributed by atoms with Crippen LogP contribution in [0.2, 0.25) is 0 Å². The number of hydrogen-bond acceptors (Lipinski definition) is 2. The Kier molecular flexibility index (Phi) is 2.32. The highest BCUT2D eigenvalue weighted by Crippen LogP contribution is 2.22. The minimum atomic E-state index is -1.05. The highest BCUT2D eigenvalue weighted by molar-refractivity contribution is 9.11. The zero-order valence-corrected chi connectivity index (χ0v) is 9.91. The summed E-state index contributed by atoms with van der Waals surface area (Å²) in [7, 11) is 0. The van der Waals surface area contributed by atoms with Crippen molar-refractivity contribution in [3.63, 3.8) is 0 Å². The third-order valence-electron chi connectivity index (χ3n) is 1.75. The van der Waals surface area contributed by atoms with Crippen LogP contribution < -0.4 is 0 Å². The molecule has 2 heterocycles. The Labute approximate surface area is 95.8 Å². The van der Waals surface area contributed by atoms with Crippen molar-refractivity contribution >= 4 is 43.3 Å². The molecule has 0 aromatic carbocycles. The Morgan fingerprint density at radius 1 is 1.50 bits per heavy atom. The lowest BCUT2D eigenvalue weighted by atomic mass is 10.4. The molecule has 14 heavy (non-hydrogen) atoms. The summed E-state index contributed by atoms with van der Waals surface area (Å²) in [6.07, 6.45) is 1.65. The number of carbonyl (C=O) groups is 1. The zero-order valence-electron chi connectivity index (χ0n) is 6.74.